The van der Waals surface area contributed by atoms with Crippen molar-refractivity contribution in [2.45, 2.75) is 32.8 Å². The molecule has 2 heterocycles. The van der Waals surface area contributed by atoms with Crippen LogP contribution in [0.25, 0.3) is 10.9 Å². The number of nitrogens with zero attached hydrogens (tertiary/aromatic N) is 3. The van der Waals surface area contributed by atoms with Gasteiger partial charge in [0.25, 0.3) is 5.91 Å². The maximum absolute atomic E-state index is 14.0. The summed E-state index contributed by atoms with van der Waals surface area (Å²) < 4.78 is 36.8. The number of carbonyl (C=O) groups excluding carboxylic acids is 1. The Kier molecular flexibility index (Phi) is 7.66. The number of hydrogen-bond acceptors (Lipinski definition) is 6. The Hall–Kier alpha value is -3.14. The topological polar surface area (TPSA) is 88.5 Å². The van der Waals surface area contributed by atoms with Crippen LogP contribution in [0.15, 0.2) is 41.0 Å². The van der Waals surface area contributed by atoms with E-state index in [-0.39, 0.29) is 29.4 Å². The molecule has 1 saturated heterocycles. The molecule has 34 heavy (non-hydrogen) atoms. The van der Waals surface area contributed by atoms with E-state index in [2.05, 4.69) is 20.6 Å². The number of anilines is 2. The van der Waals surface area contributed by atoms with Gasteiger partial charge in [-0.15, -0.1) is 0 Å². The predicted octanol–water partition coefficient (Wildman–Crippen LogP) is 4.90. The van der Waals surface area contributed by atoms with Crippen LogP contribution in [0.3, 0.4) is 0 Å². The largest absolute Gasteiger partial charge is 0.479 e. The first-order valence-electron chi connectivity index (χ1n) is 11.2. The number of halogens is 2. The highest BCUT2D eigenvalue weighted by Crippen LogP contribution is 2.34. The van der Waals surface area contributed by atoms with E-state index in [1.54, 1.807) is 6.92 Å². The predicted molar refractivity (Wildman–Crippen MR) is 131 cm³/mol. The Balaban J connectivity index is 1.60. The first kappa shape index (κ1) is 24.0. The number of alkyl halides is 1. The van der Waals surface area contributed by atoms with E-state index >= 15 is 0 Å². The smallest absolute Gasteiger partial charge is 0.260 e. The first-order valence-corrected chi connectivity index (χ1v) is 12.7. The average molecular weight is 488 g/mol. The number of aryl methyl sites for hydroxylation is 1. The van der Waals surface area contributed by atoms with E-state index < -0.39 is 24.5 Å². The third-order valence-corrected chi connectivity index (χ3v) is 7.38. The van der Waals surface area contributed by atoms with Crippen LogP contribution < -0.4 is 15.4 Å². The van der Waals surface area contributed by atoms with Crippen molar-refractivity contribution in [3.8, 4) is 5.75 Å². The molecule has 1 atom stereocenters. The lowest BCUT2D eigenvalue weighted by molar-refractivity contribution is -0.127. The molecule has 0 saturated carbocycles. The van der Waals surface area contributed by atoms with Gasteiger partial charge in [0.05, 0.1) is 23.6 Å². The summed E-state index contributed by atoms with van der Waals surface area (Å²) in [6.45, 7) is 3.22. The molecule has 3 aromatic rings. The number of hydrogen-bond donors (Lipinski definition) is 2. The van der Waals surface area contributed by atoms with Crippen molar-refractivity contribution >= 4 is 44.7 Å². The number of ether oxygens (including phenoxy) is 1. The molecule has 2 N–H and O–H groups in total. The van der Waals surface area contributed by atoms with E-state index in [9.17, 15) is 13.6 Å². The summed E-state index contributed by atoms with van der Waals surface area (Å²) in [6.07, 6.45) is 2.02. The van der Waals surface area contributed by atoms with Crippen LogP contribution in [-0.4, -0.2) is 46.7 Å². The van der Waals surface area contributed by atoms with Crippen LogP contribution in [0.4, 0.5) is 26.0 Å². The number of carbonyl (C=O) groups is 1. The van der Waals surface area contributed by atoms with Crippen LogP contribution in [0.5, 0.6) is 5.75 Å². The SMILES string of the molecule is Cc1cc(N=S2CCC2)cc2ncnc(Nc3ccc(F)cc3O[C@H](C)C(=O)NCCCF)c12. The molecule has 0 aliphatic carbocycles. The fourth-order valence-electron chi connectivity index (χ4n) is 3.53. The van der Waals surface area contributed by atoms with E-state index in [0.29, 0.717) is 11.5 Å². The quantitative estimate of drug-likeness (QED) is 0.419. The molecule has 1 aliphatic rings. The molecule has 180 valence electrons. The van der Waals surface area contributed by atoms with Crippen molar-refractivity contribution in [2.75, 3.05) is 30.0 Å². The third kappa shape index (κ3) is 5.67. The first-order chi connectivity index (χ1) is 16.4. The number of nitrogens with one attached hydrogen (secondary N) is 2. The normalized spacial score (nSPS) is 14.4. The zero-order chi connectivity index (χ0) is 24.1. The van der Waals surface area contributed by atoms with Gasteiger partial charge in [-0.05, 0) is 56.5 Å². The van der Waals surface area contributed by atoms with Crippen molar-refractivity contribution in [3.63, 3.8) is 0 Å². The molecule has 4 rings (SSSR count). The van der Waals surface area contributed by atoms with E-state index in [1.165, 1.54) is 30.9 Å². The van der Waals surface area contributed by atoms with Gasteiger partial charge in [-0.3, -0.25) is 9.18 Å². The van der Waals surface area contributed by atoms with Crippen LogP contribution in [0.2, 0.25) is 0 Å². The molecular formula is C24H27F2N5O2S. The Bertz CT molecular complexity index is 1230. The fourth-order valence-corrected chi connectivity index (χ4v) is 4.66. The highest BCUT2D eigenvalue weighted by molar-refractivity contribution is 7.88. The lowest BCUT2D eigenvalue weighted by Gasteiger charge is -2.19. The highest BCUT2D eigenvalue weighted by atomic mass is 32.2. The maximum Gasteiger partial charge on any atom is 0.260 e. The Labute approximate surface area is 199 Å². The van der Waals surface area contributed by atoms with E-state index in [4.69, 9.17) is 9.10 Å². The van der Waals surface area contributed by atoms with Crippen LogP contribution >= 0.6 is 0 Å². The number of benzene rings is 2. The van der Waals surface area contributed by atoms with Gasteiger partial charge < -0.3 is 15.4 Å². The average Bonchev–Trinajstić information content (AvgIpc) is 2.78. The minimum absolute atomic E-state index is 0.109. The molecule has 1 fully saturated rings. The van der Waals surface area contributed by atoms with Gasteiger partial charge in [-0.25, -0.2) is 18.7 Å². The second-order valence-electron chi connectivity index (χ2n) is 8.05. The molecule has 0 bridgehead atoms. The van der Waals surface area contributed by atoms with Crippen molar-refractivity contribution in [1.29, 1.82) is 0 Å². The number of rotatable bonds is 9. The Morgan fingerprint density at radius 3 is 2.82 bits per heavy atom. The van der Waals surface area contributed by atoms with Gasteiger partial charge in [-0.1, -0.05) is 10.7 Å². The molecule has 10 heteroatoms. The molecule has 1 amide bonds. The summed E-state index contributed by atoms with van der Waals surface area (Å²) in [7, 11) is 0.109. The van der Waals surface area contributed by atoms with Crippen molar-refractivity contribution in [3.05, 3.63) is 48.0 Å². The zero-order valence-corrected chi connectivity index (χ0v) is 19.9. The fraction of sp³-hybridized carbons (Fsp3) is 0.375. The van der Waals surface area contributed by atoms with Crippen molar-refractivity contribution < 1.29 is 18.3 Å². The minimum atomic E-state index is -0.901. The highest BCUT2D eigenvalue weighted by Gasteiger charge is 2.18. The van der Waals surface area contributed by atoms with Gasteiger partial charge in [0.15, 0.2) is 6.10 Å². The molecule has 0 spiro atoms. The van der Waals surface area contributed by atoms with Gasteiger partial charge in [0.1, 0.15) is 23.7 Å². The monoisotopic (exact) mass is 487 g/mol. The molecular weight excluding hydrogens is 460 g/mol. The Morgan fingerprint density at radius 2 is 2.09 bits per heavy atom. The lowest BCUT2D eigenvalue weighted by atomic mass is 10.1. The second-order valence-corrected chi connectivity index (χ2v) is 9.98. The van der Waals surface area contributed by atoms with Gasteiger partial charge in [-0.2, -0.15) is 0 Å². The molecule has 0 unspecified atom stereocenters. The van der Waals surface area contributed by atoms with Crippen molar-refractivity contribution in [2.24, 2.45) is 4.36 Å². The van der Waals surface area contributed by atoms with Gasteiger partial charge in [0, 0.05) is 29.5 Å². The summed E-state index contributed by atoms with van der Waals surface area (Å²) in [6, 6.07) is 8.01. The number of aromatic nitrogens is 2. The van der Waals surface area contributed by atoms with Gasteiger partial charge in [0.2, 0.25) is 0 Å². The summed E-state index contributed by atoms with van der Waals surface area (Å²) in [5, 5.41) is 6.63. The number of fused-ring (bicyclic) bond motifs is 1. The minimum Gasteiger partial charge on any atom is -0.479 e. The lowest BCUT2D eigenvalue weighted by Crippen LogP contribution is -2.37. The molecule has 1 aliphatic heterocycles. The van der Waals surface area contributed by atoms with Crippen molar-refractivity contribution in [1.82, 2.24) is 15.3 Å². The summed E-state index contributed by atoms with van der Waals surface area (Å²) in [5.41, 5.74) is 3.09. The standard InChI is InChI=1S/C24H27F2N5O2S/c1-15-11-18(31-34-9-4-10-34)13-20-22(15)23(29-14-28-20)30-19-6-5-17(26)12-21(19)33-16(2)24(32)27-8-3-7-25/h5-6,11-14,16H,3-4,7-10H2,1-2H3,(H,27,32)(H,28,29,30)/t16-/m1/s1. The summed E-state index contributed by atoms with van der Waals surface area (Å²) in [4.78, 5) is 21.0. The number of amides is 1. The second kappa shape index (κ2) is 10.9. The molecule has 1 aromatic heterocycles. The van der Waals surface area contributed by atoms with Crippen LogP contribution in [0.1, 0.15) is 25.3 Å². The zero-order valence-electron chi connectivity index (χ0n) is 19.1. The van der Waals surface area contributed by atoms with Crippen LogP contribution in [-0.2, 0) is 15.5 Å². The van der Waals surface area contributed by atoms with E-state index in [1.807, 2.05) is 19.1 Å². The third-order valence-electron chi connectivity index (χ3n) is 5.39. The maximum atomic E-state index is 14.0. The van der Waals surface area contributed by atoms with E-state index in [0.717, 1.165) is 33.7 Å². The Morgan fingerprint density at radius 1 is 1.26 bits per heavy atom. The molecule has 2 aromatic carbocycles. The molecule has 7 nitrogen and oxygen atoms in total. The van der Waals surface area contributed by atoms with Gasteiger partial charge >= 0.3 is 0 Å². The molecule has 0 radical (unpaired) electrons. The van der Waals surface area contributed by atoms with Crippen LogP contribution in [0, 0.1) is 12.7 Å². The summed E-state index contributed by atoms with van der Waals surface area (Å²) >= 11 is 0. The summed E-state index contributed by atoms with van der Waals surface area (Å²) in [5.74, 6) is 2.08.